The molecule has 0 saturated heterocycles. The Bertz CT molecular complexity index is 580. The summed E-state index contributed by atoms with van der Waals surface area (Å²) in [5.74, 6) is 0.739. The van der Waals surface area contributed by atoms with Crippen LogP contribution in [0, 0.1) is 0 Å². The van der Waals surface area contributed by atoms with E-state index in [0.29, 0.717) is 5.02 Å². The Morgan fingerprint density at radius 2 is 2.16 bits per heavy atom. The SMILES string of the molecule is CCc1nn(C)cc1C(N)c1cc(Cl)ccc1OC. The molecule has 0 radical (unpaired) electrons. The third-order valence-corrected chi connectivity index (χ3v) is 3.37. The van der Waals surface area contributed by atoms with Gasteiger partial charge < -0.3 is 10.5 Å². The number of ether oxygens (including phenoxy) is 1. The van der Waals surface area contributed by atoms with Gasteiger partial charge in [0.05, 0.1) is 18.8 Å². The number of aryl methyl sites for hydroxylation is 2. The number of methoxy groups -OCH3 is 1. The van der Waals surface area contributed by atoms with E-state index in [-0.39, 0.29) is 6.04 Å². The number of hydrogen-bond acceptors (Lipinski definition) is 3. The molecule has 0 fully saturated rings. The zero-order valence-electron chi connectivity index (χ0n) is 11.4. The summed E-state index contributed by atoms with van der Waals surface area (Å²) in [5, 5.41) is 5.06. The molecule has 0 aliphatic heterocycles. The molecule has 102 valence electrons. The van der Waals surface area contributed by atoms with Gasteiger partial charge in [-0.1, -0.05) is 18.5 Å². The summed E-state index contributed by atoms with van der Waals surface area (Å²) in [7, 11) is 3.52. The van der Waals surface area contributed by atoms with Gasteiger partial charge in [0.25, 0.3) is 0 Å². The van der Waals surface area contributed by atoms with Gasteiger partial charge in [-0.05, 0) is 24.6 Å². The number of benzene rings is 1. The number of aromatic nitrogens is 2. The fraction of sp³-hybridized carbons (Fsp3) is 0.357. The first-order chi connectivity index (χ1) is 9.06. The summed E-state index contributed by atoms with van der Waals surface area (Å²) in [5.41, 5.74) is 9.23. The van der Waals surface area contributed by atoms with Gasteiger partial charge in [0.1, 0.15) is 5.75 Å². The molecule has 0 aliphatic carbocycles. The van der Waals surface area contributed by atoms with Crippen LogP contribution in [0.4, 0.5) is 0 Å². The lowest BCUT2D eigenvalue weighted by Gasteiger charge is -2.16. The van der Waals surface area contributed by atoms with Gasteiger partial charge in [-0.15, -0.1) is 0 Å². The minimum atomic E-state index is -0.294. The van der Waals surface area contributed by atoms with Crippen LogP contribution in [-0.4, -0.2) is 16.9 Å². The fourth-order valence-electron chi connectivity index (χ4n) is 2.20. The van der Waals surface area contributed by atoms with Crippen molar-refractivity contribution in [3.8, 4) is 5.75 Å². The van der Waals surface area contributed by atoms with Crippen LogP contribution in [0.2, 0.25) is 5.02 Å². The van der Waals surface area contributed by atoms with E-state index in [4.69, 9.17) is 22.1 Å². The Balaban J connectivity index is 2.48. The van der Waals surface area contributed by atoms with Crippen LogP contribution in [0.5, 0.6) is 5.75 Å². The monoisotopic (exact) mass is 279 g/mol. The first-order valence-corrected chi connectivity index (χ1v) is 6.56. The Morgan fingerprint density at radius 1 is 1.42 bits per heavy atom. The molecule has 0 spiro atoms. The maximum absolute atomic E-state index is 6.36. The highest BCUT2D eigenvalue weighted by molar-refractivity contribution is 6.30. The average molecular weight is 280 g/mol. The summed E-state index contributed by atoms with van der Waals surface area (Å²) in [4.78, 5) is 0. The van der Waals surface area contributed by atoms with Crippen LogP contribution < -0.4 is 10.5 Å². The molecule has 1 heterocycles. The number of halogens is 1. The van der Waals surface area contributed by atoms with Gasteiger partial charge in [-0.3, -0.25) is 4.68 Å². The molecule has 2 N–H and O–H groups in total. The lowest BCUT2D eigenvalue weighted by molar-refractivity contribution is 0.408. The molecule has 1 unspecified atom stereocenters. The van der Waals surface area contributed by atoms with Crippen molar-refractivity contribution >= 4 is 11.6 Å². The van der Waals surface area contributed by atoms with Crippen molar-refractivity contribution < 1.29 is 4.74 Å². The minimum Gasteiger partial charge on any atom is -0.496 e. The van der Waals surface area contributed by atoms with Crippen molar-refractivity contribution in [3.63, 3.8) is 0 Å². The van der Waals surface area contributed by atoms with E-state index in [0.717, 1.165) is 29.0 Å². The number of nitrogens with two attached hydrogens (primary N) is 1. The summed E-state index contributed by atoms with van der Waals surface area (Å²) in [6.45, 7) is 2.06. The molecule has 19 heavy (non-hydrogen) atoms. The predicted molar refractivity (Wildman–Crippen MR) is 76.6 cm³/mol. The normalized spacial score (nSPS) is 12.5. The van der Waals surface area contributed by atoms with E-state index in [1.54, 1.807) is 17.9 Å². The van der Waals surface area contributed by atoms with Crippen LogP contribution in [0.3, 0.4) is 0 Å². The van der Waals surface area contributed by atoms with Crippen LogP contribution in [-0.2, 0) is 13.5 Å². The van der Waals surface area contributed by atoms with Gasteiger partial charge >= 0.3 is 0 Å². The van der Waals surface area contributed by atoms with Gasteiger partial charge in [0.2, 0.25) is 0 Å². The first-order valence-electron chi connectivity index (χ1n) is 6.18. The van der Waals surface area contributed by atoms with Gasteiger partial charge in [0, 0.05) is 29.4 Å². The van der Waals surface area contributed by atoms with E-state index < -0.39 is 0 Å². The maximum Gasteiger partial charge on any atom is 0.124 e. The molecule has 2 rings (SSSR count). The van der Waals surface area contributed by atoms with Crippen molar-refractivity contribution in [3.05, 3.63) is 46.2 Å². The minimum absolute atomic E-state index is 0.294. The molecule has 0 amide bonds. The van der Waals surface area contributed by atoms with E-state index in [1.807, 2.05) is 25.4 Å². The van der Waals surface area contributed by atoms with Crippen molar-refractivity contribution in [2.45, 2.75) is 19.4 Å². The second-order valence-corrected chi connectivity index (χ2v) is 4.86. The Labute approximate surface area is 118 Å². The van der Waals surface area contributed by atoms with Gasteiger partial charge in [-0.25, -0.2) is 0 Å². The lowest BCUT2D eigenvalue weighted by Crippen LogP contribution is -2.14. The molecule has 0 saturated carbocycles. The van der Waals surface area contributed by atoms with Crippen LogP contribution in [0.15, 0.2) is 24.4 Å². The molecular weight excluding hydrogens is 262 g/mol. The lowest BCUT2D eigenvalue weighted by atomic mass is 9.98. The second kappa shape index (κ2) is 5.63. The maximum atomic E-state index is 6.36. The molecule has 0 aliphatic rings. The summed E-state index contributed by atoms with van der Waals surface area (Å²) in [6, 6.07) is 5.18. The fourth-order valence-corrected chi connectivity index (χ4v) is 2.38. The average Bonchev–Trinajstić information content (AvgIpc) is 2.79. The summed E-state index contributed by atoms with van der Waals surface area (Å²) < 4.78 is 7.14. The van der Waals surface area contributed by atoms with Crippen LogP contribution in [0.25, 0.3) is 0 Å². The van der Waals surface area contributed by atoms with Crippen molar-refractivity contribution in [1.82, 2.24) is 9.78 Å². The van der Waals surface area contributed by atoms with E-state index in [1.165, 1.54) is 0 Å². The van der Waals surface area contributed by atoms with Crippen LogP contribution in [0.1, 0.15) is 29.8 Å². The van der Waals surface area contributed by atoms with Gasteiger partial charge in [0.15, 0.2) is 0 Å². The summed E-state index contributed by atoms with van der Waals surface area (Å²) >= 11 is 6.05. The first kappa shape index (κ1) is 13.9. The molecule has 2 aromatic rings. The van der Waals surface area contributed by atoms with Crippen LogP contribution >= 0.6 is 11.6 Å². The highest BCUT2D eigenvalue weighted by Crippen LogP contribution is 2.32. The molecule has 4 nitrogen and oxygen atoms in total. The Morgan fingerprint density at radius 3 is 2.79 bits per heavy atom. The van der Waals surface area contributed by atoms with Crippen molar-refractivity contribution in [1.29, 1.82) is 0 Å². The van der Waals surface area contributed by atoms with E-state index >= 15 is 0 Å². The molecule has 5 heteroatoms. The molecular formula is C14H18ClN3O. The number of nitrogens with zero attached hydrogens (tertiary/aromatic N) is 2. The third kappa shape index (κ3) is 2.74. The Hall–Kier alpha value is -1.52. The molecule has 1 aromatic heterocycles. The van der Waals surface area contributed by atoms with Crippen molar-refractivity contribution in [2.75, 3.05) is 7.11 Å². The molecule has 1 aromatic carbocycles. The highest BCUT2D eigenvalue weighted by atomic mass is 35.5. The van der Waals surface area contributed by atoms with Gasteiger partial charge in [-0.2, -0.15) is 5.10 Å². The second-order valence-electron chi connectivity index (χ2n) is 4.42. The van der Waals surface area contributed by atoms with E-state index in [9.17, 15) is 0 Å². The topological polar surface area (TPSA) is 53.1 Å². The smallest absolute Gasteiger partial charge is 0.124 e. The zero-order valence-corrected chi connectivity index (χ0v) is 12.1. The molecule has 1 atom stereocenters. The predicted octanol–water partition coefficient (Wildman–Crippen LogP) is 2.69. The standard InChI is InChI=1S/C14H18ClN3O/c1-4-12-11(8-18(2)17-12)14(16)10-7-9(15)5-6-13(10)19-3/h5-8,14H,4,16H2,1-3H3. The molecule has 0 bridgehead atoms. The summed E-state index contributed by atoms with van der Waals surface area (Å²) in [6.07, 6.45) is 2.79. The largest absolute Gasteiger partial charge is 0.496 e. The number of rotatable bonds is 4. The third-order valence-electron chi connectivity index (χ3n) is 3.13. The Kier molecular flexibility index (Phi) is 4.12. The highest BCUT2D eigenvalue weighted by Gasteiger charge is 2.19. The quantitative estimate of drug-likeness (QED) is 0.936. The zero-order chi connectivity index (χ0) is 14.0. The number of hydrogen-bond donors (Lipinski definition) is 1. The van der Waals surface area contributed by atoms with E-state index in [2.05, 4.69) is 12.0 Å². The van der Waals surface area contributed by atoms with Crippen molar-refractivity contribution in [2.24, 2.45) is 12.8 Å².